The normalized spacial score (nSPS) is 25.7. The number of benzene rings is 1. The molecule has 2 fully saturated rings. The largest absolute Gasteiger partial charge is 0.508 e. The molecule has 4 atom stereocenters. The minimum Gasteiger partial charge on any atom is -0.508 e. The summed E-state index contributed by atoms with van der Waals surface area (Å²) in [6, 6.07) is 7.66. The molecule has 2 aliphatic heterocycles. The third kappa shape index (κ3) is 7.29. The van der Waals surface area contributed by atoms with Crippen LogP contribution in [0.1, 0.15) is 89.5 Å². The van der Waals surface area contributed by atoms with Crippen LogP contribution in [0.25, 0.3) is 0 Å². The fourth-order valence-corrected chi connectivity index (χ4v) is 5.25. The van der Waals surface area contributed by atoms with Crippen molar-refractivity contribution in [3.63, 3.8) is 0 Å². The molecule has 29 heavy (non-hydrogen) atoms. The number of hydrogen-bond acceptors (Lipinski definition) is 3. The number of phenolic OH excluding ortho intramolecular Hbond substituents is 1. The lowest BCUT2D eigenvalue weighted by Gasteiger charge is -2.28. The van der Waals surface area contributed by atoms with E-state index in [2.05, 4.69) is 6.92 Å². The Morgan fingerprint density at radius 1 is 0.862 bits per heavy atom. The summed E-state index contributed by atoms with van der Waals surface area (Å²) in [4.78, 5) is 0. The van der Waals surface area contributed by atoms with Gasteiger partial charge in [-0.15, -0.1) is 0 Å². The molecule has 2 saturated heterocycles. The van der Waals surface area contributed by atoms with E-state index in [1.165, 1.54) is 82.6 Å². The second-order valence-corrected chi connectivity index (χ2v) is 9.23. The van der Waals surface area contributed by atoms with E-state index in [9.17, 15) is 5.11 Å². The Bertz CT molecular complexity index is 556. The summed E-state index contributed by atoms with van der Waals surface area (Å²) in [6.07, 6.45) is 17.7. The Balaban J connectivity index is 1.25. The third-order valence-corrected chi connectivity index (χ3v) is 6.98. The van der Waals surface area contributed by atoms with Gasteiger partial charge in [0.1, 0.15) is 5.75 Å². The van der Waals surface area contributed by atoms with Crippen molar-refractivity contribution in [2.45, 2.75) is 103 Å². The summed E-state index contributed by atoms with van der Waals surface area (Å²) in [7, 11) is 0. The molecule has 0 radical (unpaired) electrons. The van der Waals surface area contributed by atoms with Crippen LogP contribution in [0.4, 0.5) is 0 Å². The van der Waals surface area contributed by atoms with Crippen LogP contribution < -0.4 is 0 Å². The number of aryl methyl sites for hydroxylation is 1. The summed E-state index contributed by atoms with van der Waals surface area (Å²) >= 11 is 0. The Hall–Kier alpha value is -1.06. The zero-order valence-corrected chi connectivity index (χ0v) is 18.5. The molecule has 2 bridgehead atoms. The zero-order valence-electron chi connectivity index (χ0n) is 18.5. The van der Waals surface area contributed by atoms with Gasteiger partial charge >= 0.3 is 0 Å². The average Bonchev–Trinajstić information content (AvgIpc) is 3.33. The highest BCUT2D eigenvalue weighted by Crippen LogP contribution is 2.45. The maximum atomic E-state index is 9.35. The Morgan fingerprint density at radius 3 is 2.34 bits per heavy atom. The molecule has 4 unspecified atom stereocenters. The SMILES string of the molecule is CCCCCCOCC1C2CCC(O2)C1CCCCCCCc1ccc(O)cc1. The van der Waals surface area contributed by atoms with Crippen LogP contribution in [0, 0.1) is 11.8 Å². The summed E-state index contributed by atoms with van der Waals surface area (Å²) in [5.41, 5.74) is 1.33. The molecule has 0 saturated carbocycles. The first-order valence-electron chi connectivity index (χ1n) is 12.3. The molecule has 0 amide bonds. The third-order valence-electron chi connectivity index (χ3n) is 6.98. The second kappa shape index (κ2) is 12.6. The maximum absolute atomic E-state index is 9.35. The standard InChI is InChI=1S/C26H42O3/c1-2-3-4-10-19-28-20-24-23(25-17-18-26(24)29-25)12-9-7-5-6-8-11-21-13-15-22(27)16-14-21/h13-16,23-27H,2-12,17-20H2,1H3. The van der Waals surface area contributed by atoms with Gasteiger partial charge in [0.2, 0.25) is 0 Å². The van der Waals surface area contributed by atoms with Crippen LogP contribution in [-0.2, 0) is 15.9 Å². The van der Waals surface area contributed by atoms with Crippen molar-refractivity contribution in [1.82, 2.24) is 0 Å². The van der Waals surface area contributed by atoms with Gasteiger partial charge in [0.15, 0.2) is 0 Å². The Morgan fingerprint density at radius 2 is 1.55 bits per heavy atom. The number of phenols is 1. The smallest absolute Gasteiger partial charge is 0.115 e. The summed E-state index contributed by atoms with van der Waals surface area (Å²) < 4.78 is 12.3. The van der Waals surface area contributed by atoms with E-state index in [4.69, 9.17) is 9.47 Å². The predicted molar refractivity (Wildman–Crippen MR) is 119 cm³/mol. The minimum absolute atomic E-state index is 0.360. The van der Waals surface area contributed by atoms with Gasteiger partial charge < -0.3 is 14.6 Å². The number of fused-ring (bicyclic) bond motifs is 2. The summed E-state index contributed by atoms with van der Waals surface area (Å²) in [6.45, 7) is 4.11. The lowest BCUT2D eigenvalue weighted by molar-refractivity contribution is 0.0473. The van der Waals surface area contributed by atoms with Crippen LogP contribution in [0.3, 0.4) is 0 Å². The van der Waals surface area contributed by atoms with E-state index in [1.54, 1.807) is 12.1 Å². The first-order valence-corrected chi connectivity index (χ1v) is 12.3. The molecular weight excluding hydrogens is 360 g/mol. The first-order chi connectivity index (χ1) is 14.3. The van der Waals surface area contributed by atoms with Crippen LogP contribution >= 0.6 is 0 Å². The van der Waals surface area contributed by atoms with Gasteiger partial charge in [-0.1, -0.05) is 64.0 Å². The fourth-order valence-electron chi connectivity index (χ4n) is 5.25. The molecule has 1 N–H and O–H groups in total. The van der Waals surface area contributed by atoms with Gasteiger partial charge in [-0.3, -0.25) is 0 Å². The number of rotatable bonds is 15. The van der Waals surface area contributed by atoms with Gasteiger partial charge in [0.05, 0.1) is 18.8 Å². The van der Waals surface area contributed by atoms with Crippen molar-refractivity contribution >= 4 is 0 Å². The van der Waals surface area contributed by atoms with E-state index >= 15 is 0 Å². The van der Waals surface area contributed by atoms with Crippen LogP contribution in [0.5, 0.6) is 5.75 Å². The Kier molecular flexibility index (Phi) is 9.82. The average molecular weight is 403 g/mol. The van der Waals surface area contributed by atoms with E-state index < -0.39 is 0 Å². The molecule has 3 rings (SSSR count). The first kappa shape index (κ1) is 22.6. The molecule has 1 aromatic carbocycles. The highest BCUT2D eigenvalue weighted by Gasteiger charge is 2.48. The topological polar surface area (TPSA) is 38.7 Å². The monoisotopic (exact) mass is 402 g/mol. The van der Waals surface area contributed by atoms with Gasteiger partial charge in [0.25, 0.3) is 0 Å². The van der Waals surface area contributed by atoms with Crippen molar-refractivity contribution < 1.29 is 14.6 Å². The van der Waals surface area contributed by atoms with Crippen molar-refractivity contribution in [3.05, 3.63) is 29.8 Å². The quantitative estimate of drug-likeness (QED) is 0.333. The van der Waals surface area contributed by atoms with Crippen molar-refractivity contribution in [3.8, 4) is 5.75 Å². The highest BCUT2D eigenvalue weighted by atomic mass is 16.5. The molecule has 0 spiro atoms. The second-order valence-electron chi connectivity index (χ2n) is 9.23. The van der Waals surface area contributed by atoms with E-state index in [0.29, 0.717) is 23.9 Å². The van der Waals surface area contributed by atoms with Crippen molar-refractivity contribution in [2.75, 3.05) is 13.2 Å². The number of ether oxygens (including phenoxy) is 2. The van der Waals surface area contributed by atoms with E-state index in [1.807, 2.05) is 12.1 Å². The summed E-state index contributed by atoms with van der Waals surface area (Å²) in [5.74, 6) is 1.74. The van der Waals surface area contributed by atoms with Crippen LogP contribution in [-0.4, -0.2) is 30.5 Å². The predicted octanol–water partition coefficient (Wildman–Crippen LogP) is 6.67. The van der Waals surface area contributed by atoms with E-state index in [-0.39, 0.29) is 0 Å². The van der Waals surface area contributed by atoms with Gasteiger partial charge in [0, 0.05) is 12.5 Å². The van der Waals surface area contributed by atoms with Crippen LogP contribution in [0.2, 0.25) is 0 Å². The molecule has 1 aromatic rings. The van der Waals surface area contributed by atoms with E-state index in [0.717, 1.165) is 25.6 Å². The molecule has 2 heterocycles. The van der Waals surface area contributed by atoms with Gasteiger partial charge in [-0.25, -0.2) is 0 Å². The van der Waals surface area contributed by atoms with Crippen LogP contribution in [0.15, 0.2) is 24.3 Å². The lowest BCUT2D eigenvalue weighted by atomic mass is 9.77. The van der Waals surface area contributed by atoms with Crippen molar-refractivity contribution in [1.29, 1.82) is 0 Å². The number of unbranched alkanes of at least 4 members (excludes halogenated alkanes) is 7. The maximum Gasteiger partial charge on any atom is 0.115 e. The molecule has 3 nitrogen and oxygen atoms in total. The molecular formula is C26H42O3. The number of hydrogen-bond donors (Lipinski definition) is 1. The number of aromatic hydroxyl groups is 1. The molecule has 164 valence electrons. The van der Waals surface area contributed by atoms with Gasteiger partial charge in [-0.05, 0) is 62.1 Å². The zero-order chi connectivity index (χ0) is 20.3. The minimum atomic E-state index is 0.360. The summed E-state index contributed by atoms with van der Waals surface area (Å²) in [5, 5.41) is 9.35. The molecule has 0 aromatic heterocycles. The molecule has 0 aliphatic carbocycles. The van der Waals surface area contributed by atoms with Gasteiger partial charge in [-0.2, -0.15) is 0 Å². The van der Waals surface area contributed by atoms with Crippen molar-refractivity contribution in [2.24, 2.45) is 11.8 Å². The molecule has 3 heteroatoms. The molecule has 2 aliphatic rings. The highest BCUT2D eigenvalue weighted by molar-refractivity contribution is 5.25. The lowest BCUT2D eigenvalue weighted by Crippen LogP contribution is -2.31. The Labute approximate surface area is 178 Å². The fraction of sp³-hybridized carbons (Fsp3) is 0.769.